The number of nitrogens with one attached hydrogen (secondary N) is 1. The van der Waals surface area contributed by atoms with Gasteiger partial charge in [0.15, 0.2) is 12.4 Å². The van der Waals surface area contributed by atoms with Crippen molar-refractivity contribution in [3.63, 3.8) is 0 Å². The summed E-state index contributed by atoms with van der Waals surface area (Å²) in [6.07, 6.45) is 0. The molecule has 110 valence electrons. The number of carbonyl (C=O) groups is 1. The number of hydrogen-bond acceptors (Lipinski definition) is 5. The number of ketones is 1. The Kier molecular flexibility index (Phi) is 4.59. The van der Waals surface area contributed by atoms with Gasteiger partial charge < -0.3 is 4.74 Å². The largest absolute Gasteiger partial charge is 0.485 e. The van der Waals surface area contributed by atoms with Crippen molar-refractivity contribution in [2.24, 2.45) is 0 Å². The number of nitrogens with zero attached hydrogens (tertiary/aromatic N) is 3. The van der Waals surface area contributed by atoms with Crippen LogP contribution < -0.4 is 4.74 Å². The number of allylic oxidation sites excluding steroid dienone is 1. The van der Waals surface area contributed by atoms with E-state index in [-0.39, 0.29) is 18.0 Å². The third-order valence-corrected chi connectivity index (χ3v) is 3.14. The van der Waals surface area contributed by atoms with Gasteiger partial charge in [0, 0.05) is 5.57 Å². The minimum atomic E-state index is -1.35. The minimum absolute atomic E-state index is 0.0708. The van der Waals surface area contributed by atoms with E-state index in [9.17, 15) is 4.79 Å². The number of aromatic nitrogens is 4. The molecule has 0 saturated carbocycles. The molecule has 0 fully saturated rings. The van der Waals surface area contributed by atoms with Gasteiger partial charge in [-0.05, 0) is 19.1 Å². The zero-order valence-corrected chi connectivity index (χ0v) is 12.6. The van der Waals surface area contributed by atoms with Crippen LogP contribution in [0.15, 0.2) is 36.4 Å². The predicted octanol–water partition coefficient (Wildman–Crippen LogP) is 2.71. The third-order valence-electron chi connectivity index (χ3n) is 2.68. The Morgan fingerprint density at radius 2 is 2.14 bits per heavy atom. The molecule has 1 heterocycles. The molecule has 0 aliphatic heterocycles. The van der Waals surface area contributed by atoms with E-state index in [1.165, 1.54) is 6.92 Å². The zero-order chi connectivity index (χ0) is 15.5. The Labute approximate surface area is 131 Å². The van der Waals surface area contributed by atoms with Crippen LogP contribution in [0, 0.1) is 0 Å². The Balaban J connectivity index is 2.20. The highest BCUT2D eigenvalue weighted by Crippen LogP contribution is 2.32. The van der Waals surface area contributed by atoms with Crippen LogP contribution in [0.4, 0.5) is 0 Å². The first kappa shape index (κ1) is 15.5. The Morgan fingerprint density at radius 3 is 2.76 bits per heavy atom. The number of hydrogen-bond donors (Lipinski definition) is 1. The van der Waals surface area contributed by atoms with Crippen molar-refractivity contribution < 1.29 is 9.53 Å². The Hall–Kier alpha value is -1.92. The van der Waals surface area contributed by atoms with Crippen molar-refractivity contribution in [1.29, 1.82) is 0 Å². The summed E-state index contributed by atoms with van der Waals surface area (Å²) >= 11 is 11.8. The fraction of sp³-hybridized carbons (Fsp3) is 0.231. The molecule has 0 radical (unpaired) electrons. The van der Waals surface area contributed by atoms with E-state index in [4.69, 9.17) is 27.9 Å². The number of benzene rings is 1. The highest BCUT2D eigenvalue weighted by molar-refractivity contribution is 6.52. The second kappa shape index (κ2) is 6.24. The average Bonchev–Trinajstić information content (AvgIpc) is 2.96. The molecule has 0 saturated heterocycles. The van der Waals surface area contributed by atoms with Gasteiger partial charge >= 0.3 is 0 Å². The summed E-state index contributed by atoms with van der Waals surface area (Å²) in [6.45, 7) is 5.21. The number of alkyl halides is 2. The van der Waals surface area contributed by atoms with Crippen molar-refractivity contribution in [3.05, 3.63) is 47.8 Å². The Morgan fingerprint density at radius 1 is 1.43 bits per heavy atom. The summed E-state index contributed by atoms with van der Waals surface area (Å²) in [6, 6.07) is 6.71. The fourth-order valence-electron chi connectivity index (χ4n) is 1.53. The van der Waals surface area contributed by atoms with Crippen LogP contribution in [-0.4, -0.2) is 30.7 Å². The van der Waals surface area contributed by atoms with Gasteiger partial charge in [-0.2, -0.15) is 5.21 Å². The zero-order valence-electron chi connectivity index (χ0n) is 11.1. The van der Waals surface area contributed by atoms with Gasteiger partial charge in [0.1, 0.15) is 10.1 Å². The molecular formula is C13H12Cl2N4O2. The number of tetrazole rings is 1. The molecule has 0 bridgehead atoms. The van der Waals surface area contributed by atoms with Gasteiger partial charge in [0.2, 0.25) is 5.82 Å². The molecule has 0 aliphatic rings. The first-order chi connectivity index (χ1) is 9.89. The standard InChI is InChI=1S/C13H12Cl2N4O2/c1-8(13(2,14)15)12(20)9-5-3-4-6-10(9)21-7-11-16-18-19-17-11/h3-6H,1,7H2,2H3,(H,16,17,18,19). The van der Waals surface area contributed by atoms with Gasteiger partial charge in [-0.15, -0.1) is 10.2 Å². The molecule has 0 spiro atoms. The third kappa shape index (κ3) is 3.80. The lowest BCUT2D eigenvalue weighted by Crippen LogP contribution is -2.19. The van der Waals surface area contributed by atoms with Crippen molar-refractivity contribution in [3.8, 4) is 5.75 Å². The van der Waals surface area contributed by atoms with Gasteiger partial charge in [-0.3, -0.25) is 4.79 Å². The van der Waals surface area contributed by atoms with Crippen molar-refractivity contribution in [2.45, 2.75) is 17.9 Å². The monoisotopic (exact) mass is 326 g/mol. The van der Waals surface area contributed by atoms with Crippen LogP contribution in [0.25, 0.3) is 0 Å². The summed E-state index contributed by atoms with van der Waals surface area (Å²) < 4.78 is 4.18. The van der Waals surface area contributed by atoms with Crippen LogP contribution in [0.3, 0.4) is 0 Å². The maximum atomic E-state index is 12.4. The maximum absolute atomic E-state index is 12.4. The second-order valence-electron chi connectivity index (χ2n) is 4.31. The summed E-state index contributed by atoms with van der Waals surface area (Å²) in [5, 5.41) is 13.3. The second-order valence-corrected chi connectivity index (χ2v) is 6.01. The van der Waals surface area contributed by atoms with E-state index in [0.29, 0.717) is 17.1 Å². The Bertz CT molecular complexity index is 650. The molecular weight excluding hydrogens is 315 g/mol. The molecule has 2 aromatic rings. The maximum Gasteiger partial charge on any atom is 0.211 e. The fourth-order valence-corrected chi connectivity index (χ4v) is 1.70. The van der Waals surface area contributed by atoms with Crippen LogP contribution in [0.1, 0.15) is 23.1 Å². The first-order valence-electron chi connectivity index (χ1n) is 5.95. The highest BCUT2D eigenvalue weighted by atomic mass is 35.5. The van der Waals surface area contributed by atoms with E-state index in [2.05, 4.69) is 27.2 Å². The van der Waals surface area contributed by atoms with E-state index in [1.54, 1.807) is 24.3 Å². The summed E-state index contributed by atoms with van der Waals surface area (Å²) in [5.41, 5.74) is 0.389. The minimum Gasteiger partial charge on any atom is -0.485 e. The van der Waals surface area contributed by atoms with Gasteiger partial charge in [0.05, 0.1) is 5.56 Å². The van der Waals surface area contributed by atoms with Crippen molar-refractivity contribution in [2.75, 3.05) is 0 Å². The summed E-state index contributed by atoms with van der Waals surface area (Å²) in [5.74, 6) is 0.354. The number of ether oxygens (including phenoxy) is 1. The molecule has 0 aliphatic carbocycles. The SMILES string of the molecule is C=C(C(=O)c1ccccc1OCc1nn[nH]n1)C(C)(Cl)Cl. The van der Waals surface area contributed by atoms with E-state index < -0.39 is 4.33 Å². The molecule has 1 N–H and O–H groups in total. The van der Waals surface area contributed by atoms with E-state index in [0.717, 1.165) is 0 Å². The number of aromatic amines is 1. The van der Waals surface area contributed by atoms with Crippen LogP contribution in [-0.2, 0) is 6.61 Å². The quantitative estimate of drug-likeness (QED) is 0.501. The van der Waals surface area contributed by atoms with Gasteiger partial charge in [0.25, 0.3) is 0 Å². The van der Waals surface area contributed by atoms with E-state index >= 15 is 0 Å². The lowest BCUT2D eigenvalue weighted by molar-refractivity contribution is 0.102. The van der Waals surface area contributed by atoms with Gasteiger partial charge in [-0.25, -0.2) is 0 Å². The van der Waals surface area contributed by atoms with Gasteiger partial charge in [-0.1, -0.05) is 47.1 Å². The molecule has 8 heteroatoms. The van der Waals surface area contributed by atoms with Crippen LogP contribution in [0.2, 0.25) is 0 Å². The molecule has 6 nitrogen and oxygen atoms in total. The van der Waals surface area contributed by atoms with Crippen LogP contribution >= 0.6 is 23.2 Å². The number of carbonyl (C=O) groups excluding carboxylic acids is 1. The van der Waals surface area contributed by atoms with Crippen molar-refractivity contribution >= 4 is 29.0 Å². The van der Waals surface area contributed by atoms with Crippen LogP contribution in [0.5, 0.6) is 5.75 Å². The van der Waals surface area contributed by atoms with Crippen molar-refractivity contribution in [1.82, 2.24) is 20.6 Å². The average molecular weight is 327 g/mol. The highest BCUT2D eigenvalue weighted by Gasteiger charge is 2.29. The molecule has 1 aromatic carbocycles. The topological polar surface area (TPSA) is 80.8 Å². The lowest BCUT2D eigenvalue weighted by atomic mass is 10.0. The smallest absolute Gasteiger partial charge is 0.211 e. The number of H-pyrrole nitrogens is 1. The number of Topliss-reactive ketones (excluding diaryl/α,β-unsaturated/α-hetero) is 1. The number of halogens is 2. The molecule has 0 atom stereocenters. The van der Waals surface area contributed by atoms with E-state index in [1.807, 2.05) is 0 Å². The molecule has 0 unspecified atom stereocenters. The first-order valence-corrected chi connectivity index (χ1v) is 6.71. The molecule has 0 amide bonds. The molecule has 1 aromatic heterocycles. The lowest BCUT2D eigenvalue weighted by Gasteiger charge is -2.17. The molecule has 21 heavy (non-hydrogen) atoms. The number of rotatable bonds is 6. The number of para-hydroxylation sites is 1. The predicted molar refractivity (Wildman–Crippen MR) is 78.5 cm³/mol. The normalized spacial score (nSPS) is 11.2. The summed E-state index contributed by atoms with van der Waals surface area (Å²) in [7, 11) is 0. The molecule has 2 rings (SSSR count). The summed E-state index contributed by atoms with van der Waals surface area (Å²) in [4.78, 5) is 12.4.